The van der Waals surface area contributed by atoms with Crippen LogP contribution in [0.2, 0.25) is 10.0 Å². The minimum atomic E-state index is 0.248. The lowest BCUT2D eigenvalue weighted by Crippen LogP contribution is -2.26. The number of ether oxygens (including phenoxy) is 2. The summed E-state index contributed by atoms with van der Waals surface area (Å²) in [6.07, 6.45) is 4.79. The van der Waals surface area contributed by atoms with Crippen molar-refractivity contribution in [1.82, 2.24) is 0 Å². The monoisotopic (exact) mass is 526 g/mol. The van der Waals surface area contributed by atoms with Crippen LogP contribution in [0.25, 0.3) is 0 Å². The molecule has 0 saturated heterocycles. The normalized spacial score (nSPS) is 15.6. The van der Waals surface area contributed by atoms with Crippen LogP contribution in [-0.4, -0.2) is 13.3 Å². The third kappa shape index (κ3) is 5.67. The van der Waals surface area contributed by atoms with Crippen molar-refractivity contribution in [3.63, 3.8) is 0 Å². The van der Waals surface area contributed by atoms with Gasteiger partial charge in [0.15, 0.2) is 11.5 Å². The maximum Gasteiger partial charge on any atom is 0.170 e. The predicted molar refractivity (Wildman–Crippen MR) is 145 cm³/mol. The molecule has 0 amide bonds. The van der Waals surface area contributed by atoms with Gasteiger partial charge in [-0.3, -0.25) is 0 Å². The van der Waals surface area contributed by atoms with E-state index in [0.717, 1.165) is 35.4 Å². The molecule has 4 rings (SSSR count). The van der Waals surface area contributed by atoms with Gasteiger partial charge in [-0.05, 0) is 60.4 Å². The van der Waals surface area contributed by atoms with Gasteiger partial charge in [-0.1, -0.05) is 56.1 Å². The summed E-state index contributed by atoms with van der Waals surface area (Å²) in [6.45, 7) is 7.13. The van der Waals surface area contributed by atoms with Crippen LogP contribution in [0.15, 0.2) is 41.4 Å². The zero-order chi connectivity index (χ0) is 25.2. The van der Waals surface area contributed by atoms with Crippen LogP contribution in [0.3, 0.4) is 0 Å². The number of nitriles is 1. The first-order chi connectivity index (χ1) is 16.7. The second-order valence-electron chi connectivity index (χ2n) is 9.76. The van der Waals surface area contributed by atoms with E-state index in [2.05, 4.69) is 26.8 Å². The number of hydrogen-bond acceptors (Lipinski definition) is 5. The van der Waals surface area contributed by atoms with Crippen molar-refractivity contribution in [2.75, 3.05) is 7.11 Å². The van der Waals surface area contributed by atoms with E-state index < -0.39 is 0 Å². The van der Waals surface area contributed by atoms with Crippen molar-refractivity contribution in [2.24, 2.45) is 16.3 Å². The fraction of sp³-hybridized carbons (Fsp3) is 0.357. The number of aliphatic imine (C=N–C) groups is 1. The van der Waals surface area contributed by atoms with E-state index in [1.54, 1.807) is 36.8 Å². The lowest BCUT2D eigenvalue weighted by molar-refractivity contribution is 0.218. The molecular weight excluding hydrogens is 499 g/mol. The number of benzene rings is 2. The van der Waals surface area contributed by atoms with Crippen LogP contribution < -0.4 is 9.47 Å². The number of thiophene rings is 1. The molecule has 35 heavy (non-hydrogen) atoms. The highest BCUT2D eigenvalue weighted by Crippen LogP contribution is 2.45. The van der Waals surface area contributed by atoms with Gasteiger partial charge in [-0.15, -0.1) is 11.3 Å². The first kappa shape index (κ1) is 25.6. The maximum atomic E-state index is 9.90. The Morgan fingerprint density at radius 2 is 2.03 bits per heavy atom. The minimum Gasteiger partial charge on any atom is -0.493 e. The Balaban J connectivity index is 1.62. The second kappa shape index (κ2) is 10.6. The molecule has 4 nitrogen and oxygen atoms in total. The Morgan fingerprint density at radius 3 is 2.71 bits per heavy atom. The standard InChI is InChI=1S/C28H28Cl2N2O2S/c1-28(2,3)19-9-11-21-22(14-31)27(35-25(21)12-19)32-15-17-6-5-7-24(33-4)26(17)34-16-18-8-10-20(29)13-23(18)30/h5-8,10,13,15,19H,9,11-12,16H2,1-4H3/t19-/m0/s1. The minimum absolute atomic E-state index is 0.248. The lowest BCUT2D eigenvalue weighted by atomic mass is 9.72. The number of fused-ring (bicyclic) bond motifs is 1. The summed E-state index contributed by atoms with van der Waals surface area (Å²) >= 11 is 14.0. The van der Waals surface area contributed by atoms with Gasteiger partial charge >= 0.3 is 0 Å². The van der Waals surface area contributed by atoms with Crippen LogP contribution >= 0.6 is 34.5 Å². The molecule has 0 bridgehead atoms. The predicted octanol–water partition coefficient (Wildman–Crippen LogP) is 8.42. The Kier molecular flexibility index (Phi) is 7.76. The van der Waals surface area contributed by atoms with Gasteiger partial charge in [0.05, 0.1) is 12.7 Å². The molecule has 0 fully saturated rings. The Morgan fingerprint density at radius 1 is 1.23 bits per heavy atom. The fourth-order valence-corrected chi connectivity index (χ4v) is 6.07. The Bertz CT molecular complexity index is 1300. The zero-order valence-corrected chi connectivity index (χ0v) is 22.7. The summed E-state index contributed by atoms with van der Waals surface area (Å²) in [4.78, 5) is 6.04. The molecule has 1 aliphatic rings. The van der Waals surface area contributed by atoms with Gasteiger partial charge in [0.1, 0.15) is 17.7 Å². The molecule has 182 valence electrons. The Labute approximate surface area is 221 Å². The highest BCUT2D eigenvalue weighted by Gasteiger charge is 2.32. The molecule has 1 aliphatic carbocycles. The van der Waals surface area contributed by atoms with Crippen LogP contribution in [0.1, 0.15) is 54.3 Å². The number of hydrogen-bond donors (Lipinski definition) is 0. The van der Waals surface area contributed by atoms with E-state index in [4.69, 9.17) is 37.7 Å². The molecule has 1 aromatic heterocycles. The van der Waals surface area contributed by atoms with Gasteiger partial charge in [0.25, 0.3) is 0 Å². The summed E-state index contributed by atoms with van der Waals surface area (Å²) in [5, 5.41) is 11.8. The van der Waals surface area contributed by atoms with Gasteiger partial charge in [0.2, 0.25) is 0 Å². The van der Waals surface area contributed by atoms with Crippen molar-refractivity contribution in [3.05, 3.63) is 73.6 Å². The van der Waals surface area contributed by atoms with E-state index in [0.29, 0.717) is 33.0 Å². The summed E-state index contributed by atoms with van der Waals surface area (Å²) < 4.78 is 11.7. The van der Waals surface area contributed by atoms with E-state index >= 15 is 0 Å². The maximum absolute atomic E-state index is 9.90. The number of halogens is 2. The average Bonchev–Trinajstić information content (AvgIpc) is 3.18. The Hall–Kier alpha value is -2.52. The number of nitrogens with zero attached hydrogens (tertiary/aromatic N) is 2. The molecule has 0 radical (unpaired) electrons. The smallest absolute Gasteiger partial charge is 0.170 e. The van der Waals surface area contributed by atoms with Gasteiger partial charge in [0, 0.05) is 32.3 Å². The topological polar surface area (TPSA) is 54.6 Å². The van der Waals surface area contributed by atoms with Crippen molar-refractivity contribution >= 4 is 45.8 Å². The molecule has 0 unspecified atom stereocenters. The highest BCUT2D eigenvalue weighted by atomic mass is 35.5. The molecule has 0 aliphatic heterocycles. The molecule has 1 heterocycles. The van der Waals surface area contributed by atoms with E-state index in [-0.39, 0.29) is 12.0 Å². The summed E-state index contributed by atoms with van der Waals surface area (Å²) in [5.41, 5.74) is 3.70. The van der Waals surface area contributed by atoms with Crippen LogP contribution in [0.4, 0.5) is 5.00 Å². The molecule has 0 spiro atoms. The number of para-hydroxylation sites is 1. The van der Waals surface area contributed by atoms with E-state index in [1.807, 2.05) is 24.3 Å². The van der Waals surface area contributed by atoms with Crippen molar-refractivity contribution in [1.29, 1.82) is 5.26 Å². The van der Waals surface area contributed by atoms with Crippen LogP contribution in [-0.2, 0) is 19.4 Å². The van der Waals surface area contributed by atoms with E-state index in [9.17, 15) is 5.26 Å². The molecule has 3 aromatic rings. The number of rotatable bonds is 6. The third-order valence-corrected chi connectivity index (χ3v) is 8.27. The first-order valence-corrected chi connectivity index (χ1v) is 13.1. The molecule has 1 atom stereocenters. The van der Waals surface area contributed by atoms with Crippen molar-refractivity contribution < 1.29 is 9.47 Å². The van der Waals surface area contributed by atoms with Crippen LogP contribution in [0.5, 0.6) is 11.5 Å². The fourth-order valence-electron chi connectivity index (χ4n) is 4.38. The molecule has 0 N–H and O–H groups in total. The largest absolute Gasteiger partial charge is 0.493 e. The van der Waals surface area contributed by atoms with Gasteiger partial charge in [-0.25, -0.2) is 4.99 Å². The second-order valence-corrected chi connectivity index (χ2v) is 11.7. The third-order valence-electron chi connectivity index (χ3n) is 6.52. The number of methoxy groups -OCH3 is 1. The summed E-state index contributed by atoms with van der Waals surface area (Å²) in [7, 11) is 1.60. The zero-order valence-electron chi connectivity index (χ0n) is 20.3. The molecule has 0 saturated carbocycles. The molecule has 2 aromatic carbocycles. The van der Waals surface area contributed by atoms with Gasteiger partial charge < -0.3 is 9.47 Å². The SMILES string of the molecule is COc1cccc(C=Nc2sc3c(c2C#N)CC[C@H](C(C)(C)C)C3)c1OCc1ccc(Cl)cc1Cl. The molecule has 7 heteroatoms. The highest BCUT2D eigenvalue weighted by molar-refractivity contribution is 7.16. The average molecular weight is 528 g/mol. The van der Waals surface area contributed by atoms with E-state index in [1.165, 1.54) is 10.4 Å². The van der Waals surface area contributed by atoms with Crippen LogP contribution in [0, 0.1) is 22.7 Å². The quantitative estimate of drug-likeness (QED) is 0.303. The lowest BCUT2D eigenvalue weighted by Gasteiger charge is -2.33. The first-order valence-electron chi connectivity index (χ1n) is 11.5. The molecular formula is C28H28Cl2N2O2S. The van der Waals surface area contributed by atoms with Crippen molar-refractivity contribution in [2.45, 2.75) is 46.6 Å². The summed E-state index contributed by atoms with van der Waals surface area (Å²) in [5.74, 6) is 1.77. The summed E-state index contributed by atoms with van der Waals surface area (Å²) in [6, 6.07) is 13.4. The van der Waals surface area contributed by atoms with Gasteiger partial charge in [-0.2, -0.15) is 5.26 Å². The van der Waals surface area contributed by atoms with Crippen molar-refractivity contribution in [3.8, 4) is 17.6 Å².